The average Bonchev–Trinajstić information content (AvgIpc) is 3.06. The Labute approximate surface area is 165 Å². The minimum Gasteiger partial charge on any atom is -0.466 e. The lowest BCUT2D eigenvalue weighted by molar-refractivity contribution is 0.0435. The van der Waals surface area contributed by atoms with Crippen molar-refractivity contribution in [3.8, 4) is 0 Å². The predicted molar refractivity (Wildman–Crippen MR) is 108 cm³/mol. The highest BCUT2D eigenvalue weighted by Crippen LogP contribution is 2.21. The standard InChI is InChI=1S/C18H24FN3O2.HI/c1-4-20-17(21-13-18(2,23)16-9-6-10-24-16)22(3)12-14-7-5-8-15(19)11-14;/h5-11,23H,4,12-13H2,1-3H3,(H,20,21);1H. The Hall–Kier alpha value is -1.61. The second-order valence-electron chi connectivity index (χ2n) is 5.91. The van der Waals surface area contributed by atoms with Crippen LogP contribution < -0.4 is 5.32 Å². The summed E-state index contributed by atoms with van der Waals surface area (Å²) in [5, 5.41) is 13.7. The molecule has 0 fully saturated rings. The SMILES string of the molecule is CCNC(=NCC(C)(O)c1ccco1)N(C)Cc1cccc(F)c1.I. The summed E-state index contributed by atoms with van der Waals surface area (Å²) in [5.74, 6) is 0.840. The molecular formula is C18H25FIN3O2. The monoisotopic (exact) mass is 461 g/mol. The number of furan rings is 1. The molecular weight excluding hydrogens is 436 g/mol. The zero-order chi connectivity index (χ0) is 17.6. The van der Waals surface area contributed by atoms with Crippen LogP contribution in [0.15, 0.2) is 52.1 Å². The highest BCUT2D eigenvalue weighted by atomic mass is 127. The number of benzene rings is 1. The van der Waals surface area contributed by atoms with E-state index in [-0.39, 0.29) is 36.3 Å². The molecule has 0 bridgehead atoms. The molecule has 25 heavy (non-hydrogen) atoms. The summed E-state index contributed by atoms with van der Waals surface area (Å²) in [6.45, 7) is 4.97. The summed E-state index contributed by atoms with van der Waals surface area (Å²) in [6.07, 6.45) is 1.52. The van der Waals surface area contributed by atoms with E-state index in [0.29, 0.717) is 24.8 Å². The van der Waals surface area contributed by atoms with E-state index in [4.69, 9.17) is 4.42 Å². The third-order valence-electron chi connectivity index (χ3n) is 3.59. The Balaban J connectivity index is 0.00000312. The molecule has 0 amide bonds. The molecule has 0 radical (unpaired) electrons. The van der Waals surface area contributed by atoms with Crippen molar-refractivity contribution < 1.29 is 13.9 Å². The van der Waals surface area contributed by atoms with Crippen LogP contribution in [0.1, 0.15) is 25.2 Å². The van der Waals surface area contributed by atoms with E-state index in [1.54, 1.807) is 25.1 Å². The van der Waals surface area contributed by atoms with E-state index in [9.17, 15) is 9.50 Å². The van der Waals surface area contributed by atoms with E-state index < -0.39 is 5.60 Å². The number of halogens is 2. The molecule has 1 heterocycles. The maximum absolute atomic E-state index is 13.3. The Morgan fingerprint density at radius 2 is 2.12 bits per heavy atom. The van der Waals surface area contributed by atoms with Crippen LogP contribution in [0.2, 0.25) is 0 Å². The van der Waals surface area contributed by atoms with E-state index in [2.05, 4.69) is 10.3 Å². The molecule has 0 aliphatic carbocycles. The van der Waals surface area contributed by atoms with Crippen LogP contribution in [0.3, 0.4) is 0 Å². The van der Waals surface area contributed by atoms with Crippen molar-refractivity contribution >= 4 is 29.9 Å². The number of aliphatic hydroxyl groups is 1. The lowest BCUT2D eigenvalue weighted by Gasteiger charge is -2.24. The smallest absolute Gasteiger partial charge is 0.194 e. The van der Waals surface area contributed by atoms with Gasteiger partial charge in [0.1, 0.15) is 17.2 Å². The van der Waals surface area contributed by atoms with Gasteiger partial charge in [-0.25, -0.2) is 9.38 Å². The molecule has 1 aromatic carbocycles. The second-order valence-corrected chi connectivity index (χ2v) is 5.91. The molecule has 2 rings (SSSR count). The minimum atomic E-state index is -1.19. The zero-order valence-electron chi connectivity index (χ0n) is 14.7. The van der Waals surface area contributed by atoms with Crippen molar-refractivity contribution in [2.24, 2.45) is 4.99 Å². The number of nitrogens with zero attached hydrogens (tertiary/aromatic N) is 2. The van der Waals surface area contributed by atoms with E-state index in [0.717, 1.165) is 5.56 Å². The number of aliphatic imine (C=N–C) groups is 1. The van der Waals surface area contributed by atoms with Gasteiger partial charge in [0.25, 0.3) is 0 Å². The topological polar surface area (TPSA) is 61.0 Å². The first kappa shape index (κ1) is 21.4. The van der Waals surface area contributed by atoms with E-state index in [1.165, 1.54) is 18.4 Å². The summed E-state index contributed by atoms with van der Waals surface area (Å²) in [4.78, 5) is 6.37. The third kappa shape index (κ3) is 6.32. The van der Waals surface area contributed by atoms with Crippen LogP contribution in [0, 0.1) is 5.82 Å². The molecule has 1 aromatic heterocycles. The molecule has 0 aliphatic heterocycles. The van der Waals surface area contributed by atoms with Crippen LogP contribution in [0.4, 0.5) is 4.39 Å². The summed E-state index contributed by atoms with van der Waals surface area (Å²) < 4.78 is 18.6. The lowest BCUT2D eigenvalue weighted by Crippen LogP contribution is -2.39. The van der Waals surface area contributed by atoms with Gasteiger partial charge in [0, 0.05) is 20.1 Å². The molecule has 0 saturated carbocycles. The molecule has 0 saturated heterocycles. The molecule has 2 aromatic rings. The van der Waals surface area contributed by atoms with Gasteiger partial charge in [-0.1, -0.05) is 12.1 Å². The van der Waals surface area contributed by atoms with Gasteiger partial charge < -0.3 is 19.7 Å². The summed E-state index contributed by atoms with van der Waals surface area (Å²) >= 11 is 0. The number of hydrogen-bond acceptors (Lipinski definition) is 3. The molecule has 0 spiro atoms. The van der Waals surface area contributed by atoms with Gasteiger partial charge in [-0.3, -0.25) is 0 Å². The first-order valence-corrected chi connectivity index (χ1v) is 7.92. The van der Waals surface area contributed by atoms with Gasteiger partial charge in [0.15, 0.2) is 5.96 Å². The fraction of sp³-hybridized carbons (Fsp3) is 0.389. The zero-order valence-corrected chi connectivity index (χ0v) is 17.0. The van der Waals surface area contributed by atoms with Crippen molar-refractivity contribution in [3.63, 3.8) is 0 Å². The van der Waals surface area contributed by atoms with Crippen LogP contribution in [-0.4, -0.2) is 36.1 Å². The van der Waals surface area contributed by atoms with E-state index >= 15 is 0 Å². The maximum Gasteiger partial charge on any atom is 0.194 e. The van der Waals surface area contributed by atoms with Gasteiger partial charge >= 0.3 is 0 Å². The Morgan fingerprint density at radius 3 is 2.72 bits per heavy atom. The number of guanidine groups is 1. The summed E-state index contributed by atoms with van der Waals surface area (Å²) in [5.41, 5.74) is -0.343. The molecule has 1 unspecified atom stereocenters. The van der Waals surface area contributed by atoms with Gasteiger partial charge in [-0.15, -0.1) is 24.0 Å². The van der Waals surface area contributed by atoms with Crippen molar-refractivity contribution in [1.29, 1.82) is 0 Å². The molecule has 138 valence electrons. The van der Waals surface area contributed by atoms with Gasteiger partial charge in [-0.05, 0) is 43.7 Å². The normalized spacial score (nSPS) is 13.7. The Kier molecular flexibility index (Phi) is 8.37. The van der Waals surface area contributed by atoms with E-state index in [1.807, 2.05) is 24.9 Å². The molecule has 2 N–H and O–H groups in total. The highest BCUT2D eigenvalue weighted by Gasteiger charge is 2.26. The average molecular weight is 461 g/mol. The van der Waals surface area contributed by atoms with Crippen LogP contribution in [0.25, 0.3) is 0 Å². The first-order valence-electron chi connectivity index (χ1n) is 7.92. The maximum atomic E-state index is 13.3. The second kappa shape index (κ2) is 9.76. The van der Waals surface area contributed by atoms with Crippen molar-refractivity contribution in [1.82, 2.24) is 10.2 Å². The molecule has 5 nitrogen and oxygen atoms in total. The molecule has 7 heteroatoms. The Bertz CT molecular complexity index is 675. The fourth-order valence-electron chi connectivity index (χ4n) is 2.35. The minimum absolute atomic E-state index is 0. The van der Waals surface area contributed by atoms with Gasteiger partial charge in [-0.2, -0.15) is 0 Å². The summed E-state index contributed by atoms with van der Waals surface area (Å²) in [7, 11) is 1.87. The first-order chi connectivity index (χ1) is 11.4. The van der Waals surface area contributed by atoms with Crippen LogP contribution in [0.5, 0.6) is 0 Å². The van der Waals surface area contributed by atoms with Crippen LogP contribution >= 0.6 is 24.0 Å². The molecule has 1 atom stereocenters. The quantitative estimate of drug-likeness (QED) is 0.394. The van der Waals surface area contributed by atoms with Crippen LogP contribution in [-0.2, 0) is 12.1 Å². The largest absolute Gasteiger partial charge is 0.466 e. The molecule has 0 aliphatic rings. The fourth-order valence-corrected chi connectivity index (χ4v) is 2.35. The van der Waals surface area contributed by atoms with Crippen molar-refractivity contribution in [2.45, 2.75) is 26.0 Å². The van der Waals surface area contributed by atoms with Gasteiger partial charge in [0.05, 0.1) is 12.8 Å². The van der Waals surface area contributed by atoms with Crippen molar-refractivity contribution in [3.05, 3.63) is 59.8 Å². The summed E-state index contributed by atoms with van der Waals surface area (Å²) in [6, 6.07) is 9.92. The third-order valence-corrected chi connectivity index (χ3v) is 3.59. The Morgan fingerprint density at radius 1 is 1.36 bits per heavy atom. The lowest BCUT2D eigenvalue weighted by atomic mass is 10.0. The number of hydrogen-bond donors (Lipinski definition) is 2. The highest BCUT2D eigenvalue weighted by molar-refractivity contribution is 14.0. The number of rotatable bonds is 6. The predicted octanol–water partition coefficient (Wildman–Crippen LogP) is 3.34. The van der Waals surface area contributed by atoms with Crippen molar-refractivity contribution in [2.75, 3.05) is 20.1 Å². The van der Waals surface area contributed by atoms with Gasteiger partial charge in [0.2, 0.25) is 0 Å². The number of nitrogens with one attached hydrogen (secondary N) is 1.